The first-order valence-corrected chi connectivity index (χ1v) is 7.34. The van der Waals surface area contributed by atoms with E-state index in [1.165, 1.54) is 11.3 Å². The number of hydrogen-bond donors (Lipinski definition) is 1. The van der Waals surface area contributed by atoms with Gasteiger partial charge in [-0.1, -0.05) is 58.6 Å². The molecule has 5 nitrogen and oxygen atoms in total. The van der Waals surface area contributed by atoms with Crippen molar-refractivity contribution in [2.24, 2.45) is 0 Å². The van der Waals surface area contributed by atoms with Gasteiger partial charge in [0.25, 0.3) is 0 Å². The van der Waals surface area contributed by atoms with Crippen LogP contribution in [0.4, 0.5) is 5.13 Å². The molecule has 1 aromatic carbocycles. The number of anilines is 1. The van der Waals surface area contributed by atoms with Crippen LogP contribution in [0.3, 0.4) is 0 Å². The molecule has 0 atom stereocenters. The van der Waals surface area contributed by atoms with Gasteiger partial charge in [-0.15, -0.1) is 10.2 Å². The van der Waals surface area contributed by atoms with Crippen LogP contribution in [-0.4, -0.2) is 15.4 Å². The number of rotatable bonds is 4. The van der Waals surface area contributed by atoms with E-state index in [0.717, 1.165) is 21.4 Å². The zero-order chi connectivity index (χ0) is 13.1. The van der Waals surface area contributed by atoms with Crippen molar-refractivity contribution >= 4 is 28.2 Å². The maximum Gasteiger partial charge on any atom is 0.203 e. The molecule has 0 spiro atoms. The number of nitrogen functional groups attached to an aromatic ring is 1. The van der Waals surface area contributed by atoms with Crippen LogP contribution in [0, 0.1) is 0 Å². The Morgan fingerprint density at radius 3 is 2.79 bits per heavy atom. The Balaban J connectivity index is 1.68. The van der Waals surface area contributed by atoms with Gasteiger partial charge < -0.3 is 10.3 Å². The van der Waals surface area contributed by atoms with Crippen LogP contribution in [0.25, 0.3) is 11.3 Å². The van der Waals surface area contributed by atoms with Crippen LogP contribution in [0.15, 0.2) is 45.3 Å². The van der Waals surface area contributed by atoms with Crippen molar-refractivity contribution in [1.82, 2.24) is 15.4 Å². The standard InChI is InChI=1S/C12H10N4OS2/c13-11-14-15-12(19-11)18-7-9-6-10(17-16-9)8-4-2-1-3-5-8/h1-6H,7H2,(H2,13,14). The maximum atomic E-state index is 5.53. The van der Waals surface area contributed by atoms with Crippen molar-refractivity contribution in [1.29, 1.82) is 0 Å². The van der Waals surface area contributed by atoms with Gasteiger partial charge in [-0.2, -0.15) is 0 Å². The van der Waals surface area contributed by atoms with E-state index in [1.807, 2.05) is 36.4 Å². The van der Waals surface area contributed by atoms with Crippen LogP contribution in [0.1, 0.15) is 5.69 Å². The van der Waals surface area contributed by atoms with Gasteiger partial charge in [-0.05, 0) is 0 Å². The van der Waals surface area contributed by atoms with Crippen LogP contribution in [0.5, 0.6) is 0 Å². The molecule has 19 heavy (non-hydrogen) atoms. The summed E-state index contributed by atoms with van der Waals surface area (Å²) >= 11 is 2.92. The topological polar surface area (TPSA) is 77.8 Å². The summed E-state index contributed by atoms with van der Waals surface area (Å²) in [5, 5.41) is 12.2. The molecule has 3 aromatic rings. The molecular weight excluding hydrogens is 280 g/mol. The lowest BCUT2D eigenvalue weighted by molar-refractivity contribution is 0.426. The second-order valence-electron chi connectivity index (χ2n) is 3.74. The van der Waals surface area contributed by atoms with E-state index in [2.05, 4.69) is 15.4 Å². The molecule has 0 amide bonds. The van der Waals surface area contributed by atoms with Crippen molar-refractivity contribution in [3.63, 3.8) is 0 Å². The molecule has 0 unspecified atom stereocenters. The monoisotopic (exact) mass is 290 g/mol. The van der Waals surface area contributed by atoms with E-state index < -0.39 is 0 Å². The zero-order valence-electron chi connectivity index (χ0n) is 9.81. The Labute approximate surface area is 117 Å². The van der Waals surface area contributed by atoms with Crippen molar-refractivity contribution in [2.45, 2.75) is 10.1 Å². The lowest BCUT2D eigenvalue weighted by Crippen LogP contribution is -1.80. The summed E-state index contributed by atoms with van der Waals surface area (Å²) in [4.78, 5) is 0. The lowest BCUT2D eigenvalue weighted by Gasteiger charge is -1.91. The largest absolute Gasteiger partial charge is 0.374 e. The van der Waals surface area contributed by atoms with Crippen LogP contribution < -0.4 is 5.73 Å². The van der Waals surface area contributed by atoms with Crippen molar-refractivity contribution in [3.8, 4) is 11.3 Å². The zero-order valence-corrected chi connectivity index (χ0v) is 11.4. The molecule has 2 heterocycles. The first-order valence-electron chi connectivity index (χ1n) is 5.54. The van der Waals surface area contributed by atoms with E-state index in [9.17, 15) is 0 Å². The number of hydrogen-bond acceptors (Lipinski definition) is 7. The second-order valence-corrected chi connectivity index (χ2v) is 5.97. The third-order valence-electron chi connectivity index (χ3n) is 2.38. The molecule has 2 N–H and O–H groups in total. The Morgan fingerprint density at radius 2 is 2.05 bits per heavy atom. The van der Waals surface area contributed by atoms with E-state index in [0.29, 0.717) is 10.9 Å². The summed E-state index contributed by atoms with van der Waals surface area (Å²) in [6, 6.07) is 11.8. The van der Waals surface area contributed by atoms with E-state index in [1.54, 1.807) is 11.8 Å². The van der Waals surface area contributed by atoms with Gasteiger partial charge in [0.05, 0.1) is 5.69 Å². The van der Waals surface area contributed by atoms with E-state index >= 15 is 0 Å². The molecular formula is C12H10N4OS2. The fourth-order valence-corrected chi connectivity index (χ4v) is 3.05. The summed E-state index contributed by atoms with van der Waals surface area (Å²) in [5.41, 5.74) is 7.42. The Kier molecular flexibility index (Phi) is 3.47. The molecule has 0 saturated heterocycles. The lowest BCUT2D eigenvalue weighted by atomic mass is 10.2. The van der Waals surface area contributed by atoms with Crippen LogP contribution in [-0.2, 0) is 5.75 Å². The molecule has 96 valence electrons. The minimum Gasteiger partial charge on any atom is -0.374 e. The number of nitrogens with zero attached hydrogens (tertiary/aromatic N) is 3. The fraction of sp³-hybridized carbons (Fsp3) is 0.0833. The summed E-state index contributed by atoms with van der Waals surface area (Å²) in [6.07, 6.45) is 0. The summed E-state index contributed by atoms with van der Waals surface area (Å²) in [6.45, 7) is 0. The van der Waals surface area contributed by atoms with Gasteiger partial charge >= 0.3 is 0 Å². The van der Waals surface area contributed by atoms with Crippen LogP contribution in [0.2, 0.25) is 0 Å². The van der Waals surface area contributed by atoms with E-state index in [4.69, 9.17) is 10.3 Å². The first-order chi connectivity index (χ1) is 9.31. The quantitative estimate of drug-likeness (QED) is 0.744. The minimum atomic E-state index is 0.479. The highest BCUT2D eigenvalue weighted by Crippen LogP contribution is 2.28. The Morgan fingerprint density at radius 1 is 1.21 bits per heavy atom. The molecule has 0 radical (unpaired) electrons. The normalized spacial score (nSPS) is 10.7. The van der Waals surface area contributed by atoms with Crippen LogP contribution >= 0.6 is 23.1 Å². The number of nitrogens with two attached hydrogens (primary N) is 1. The molecule has 0 aliphatic heterocycles. The smallest absolute Gasteiger partial charge is 0.203 e. The third kappa shape index (κ3) is 2.94. The van der Waals surface area contributed by atoms with Gasteiger partial charge in [-0.3, -0.25) is 0 Å². The Hall–Kier alpha value is -1.86. The minimum absolute atomic E-state index is 0.479. The highest BCUT2D eigenvalue weighted by atomic mass is 32.2. The van der Waals surface area contributed by atoms with E-state index in [-0.39, 0.29) is 0 Å². The van der Waals surface area contributed by atoms with Gasteiger partial charge in [0.2, 0.25) is 5.13 Å². The fourth-order valence-electron chi connectivity index (χ4n) is 1.53. The molecule has 0 aliphatic carbocycles. The SMILES string of the molecule is Nc1nnc(SCc2cc(-c3ccccc3)on2)s1. The van der Waals surface area contributed by atoms with Gasteiger partial charge in [0.1, 0.15) is 0 Å². The summed E-state index contributed by atoms with van der Waals surface area (Å²) in [5.74, 6) is 1.46. The molecule has 3 rings (SSSR count). The summed E-state index contributed by atoms with van der Waals surface area (Å²) in [7, 11) is 0. The predicted octanol–water partition coefficient (Wildman–Crippen LogP) is 3.07. The molecule has 0 aliphatic rings. The van der Waals surface area contributed by atoms with Gasteiger partial charge in [0.15, 0.2) is 10.1 Å². The number of thioether (sulfide) groups is 1. The molecule has 2 aromatic heterocycles. The highest BCUT2D eigenvalue weighted by molar-refractivity contribution is 8.00. The molecule has 0 bridgehead atoms. The second kappa shape index (κ2) is 5.41. The van der Waals surface area contributed by atoms with Gasteiger partial charge in [0, 0.05) is 17.4 Å². The molecule has 0 saturated carbocycles. The molecule has 0 fully saturated rings. The Bertz CT molecular complexity index is 665. The van der Waals surface area contributed by atoms with Crippen molar-refractivity contribution in [2.75, 3.05) is 5.73 Å². The average Bonchev–Trinajstić information content (AvgIpc) is 3.06. The molecule has 7 heteroatoms. The third-order valence-corrected chi connectivity index (χ3v) is 4.30. The average molecular weight is 290 g/mol. The first kappa shape index (κ1) is 12.2. The van der Waals surface area contributed by atoms with Gasteiger partial charge in [-0.25, -0.2) is 0 Å². The maximum absolute atomic E-state index is 5.53. The van der Waals surface area contributed by atoms with Crippen molar-refractivity contribution < 1.29 is 4.52 Å². The number of aromatic nitrogens is 3. The highest BCUT2D eigenvalue weighted by Gasteiger charge is 2.08. The summed E-state index contributed by atoms with van der Waals surface area (Å²) < 4.78 is 6.16. The predicted molar refractivity (Wildman–Crippen MR) is 75.8 cm³/mol. The number of benzene rings is 1. The van der Waals surface area contributed by atoms with Crippen molar-refractivity contribution in [3.05, 3.63) is 42.1 Å².